The topological polar surface area (TPSA) is 72.3 Å². The lowest BCUT2D eigenvalue weighted by Crippen LogP contribution is -2.48. The summed E-state index contributed by atoms with van der Waals surface area (Å²) in [7, 11) is 0. The van der Waals surface area contributed by atoms with Crippen LogP contribution >= 0.6 is 11.3 Å². The molecule has 1 N–H and O–H groups in total. The van der Waals surface area contributed by atoms with Crippen LogP contribution in [0.3, 0.4) is 0 Å². The summed E-state index contributed by atoms with van der Waals surface area (Å²) in [5, 5.41) is 9.17. The highest BCUT2D eigenvalue weighted by atomic mass is 32.1. The van der Waals surface area contributed by atoms with Gasteiger partial charge < -0.3 is 10.1 Å². The summed E-state index contributed by atoms with van der Waals surface area (Å²) >= 11 is 1.66. The van der Waals surface area contributed by atoms with E-state index in [2.05, 4.69) is 20.3 Å². The third-order valence-electron chi connectivity index (χ3n) is 3.79. The number of ether oxygens (including phenoxy) is 1. The second-order valence-corrected chi connectivity index (χ2v) is 6.63. The third-order valence-corrected chi connectivity index (χ3v) is 4.85. The lowest BCUT2D eigenvalue weighted by Gasteiger charge is -2.32. The quantitative estimate of drug-likeness (QED) is 0.850. The average Bonchev–Trinajstić information content (AvgIpc) is 3.20. The van der Waals surface area contributed by atoms with Crippen LogP contribution in [0.2, 0.25) is 0 Å². The summed E-state index contributed by atoms with van der Waals surface area (Å²) in [5.41, 5.74) is 0. The Bertz CT molecular complexity index is 601. The van der Waals surface area contributed by atoms with E-state index in [-0.39, 0.29) is 18.1 Å². The van der Waals surface area contributed by atoms with Crippen LogP contribution in [0.25, 0.3) is 0 Å². The molecule has 1 saturated heterocycles. The molecule has 8 heteroatoms. The zero-order chi connectivity index (χ0) is 16.1. The molecule has 2 atom stereocenters. The van der Waals surface area contributed by atoms with E-state index >= 15 is 0 Å². The van der Waals surface area contributed by atoms with E-state index in [0.717, 1.165) is 13.1 Å². The molecule has 0 saturated carbocycles. The first kappa shape index (κ1) is 16.1. The normalized spacial score (nSPS) is 20.3. The van der Waals surface area contributed by atoms with Crippen molar-refractivity contribution in [1.29, 1.82) is 0 Å². The number of amides is 1. The fourth-order valence-electron chi connectivity index (χ4n) is 2.67. The zero-order valence-corrected chi connectivity index (χ0v) is 13.9. The van der Waals surface area contributed by atoms with Crippen molar-refractivity contribution in [3.63, 3.8) is 0 Å². The van der Waals surface area contributed by atoms with E-state index in [9.17, 15) is 4.79 Å². The van der Waals surface area contributed by atoms with Gasteiger partial charge in [0.05, 0.1) is 31.8 Å². The van der Waals surface area contributed by atoms with Crippen molar-refractivity contribution >= 4 is 17.2 Å². The molecule has 0 aliphatic carbocycles. The fraction of sp³-hybridized carbons (Fsp3) is 0.533. The van der Waals surface area contributed by atoms with Crippen molar-refractivity contribution in [3.05, 3.63) is 35.0 Å². The summed E-state index contributed by atoms with van der Waals surface area (Å²) in [6.07, 6.45) is 3.23. The van der Waals surface area contributed by atoms with Crippen molar-refractivity contribution in [3.8, 4) is 0 Å². The molecule has 3 rings (SSSR count). The molecule has 3 heterocycles. The van der Waals surface area contributed by atoms with Crippen LogP contribution in [0.5, 0.6) is 0 Å². The number of carbonyl (C=O) groups excluding carboxylic acids is 1. The van der Waals surface area contributed by atoms with Crippen LogP contribution < -0.4 is 5.32 Å². The van der Waals surface area contributed by atoms with Gasteiger partial charge in [-0.15, -0.1) is 11.3 Å². The molecule has 124 valence electrons. The lowest BCUT2D eigenvalue weighted by molar-refractivity contribution is -0.125. The number of morpholine rings is 1. The van der Waals surface area contributed by atoms with Crippen molar-refractivity contribution in [2.24, 2.45) is 0 Å². The third kappa shape index (κ3) is 4.60. The van der Waals surface area contributed by atoms with Crippen molar-refractivity contribution in [2.75, 3.05) is 26.2 Å². The number of hydrogen-bond donors (Lipinski definition) is 1. The van der Waals surface area contributed by atoms with E-state index in [1.165, 1.54) is 11.2 Å². The first-order valence-corrected chi connectivity index (χ1v) is 8.58. The first-order valence-electron chi connectivity index (χ1n) is 7.70. The van der Waals surface area contributed by atoms with Crippen LogP contribution in [0.1, 0.15) is 17.8 Å². The summed E-state index contributed by atoms with van der Waals surface area (Å²) in [6, 6.07) is 4.09. The molecule has 0 spiro atoms. The van der Waals surface area contributed by atoms with E-state index in [1.807, 2.05) is 24.4 Å². The van der Waals surface area contributed by atoms with E-state index in [4.69, 9.17) is 4.74 Å². The largest absolute Gasteiger partial charge is 0.374 e. The summed E-state index contributed by atoms with van der Waals surface area (Å²) < 4.78 is 7.50. The lowest BCUT2D eigenvalue weighted by atomic mass is 10.2. The molecule has 1 aliphatic heterocycles. The molecule has 2 aromatic rings. The standard InChI is InChI=1S/C15H21N5O2S/c1-12(14-3-2-6-23-14)18-15(21)9-19-4-5-22-13(7-19)8-20-11-16-10-17-20/h2-3,6,10-13H,4-5,7-9H2,1H3,(H,18,21). The van der Waals surface area contributed by atoms with Gasteiger partial charge in [0.25, 0.3) is 0 Å². The zero-order valence-electron chi connectivity index (χ0n) is 13.1. The molecule has 2 aromatic heterocycles. The molecule has 0 aromatic carbocycles. The summed E-state index contributed by atoms with van der Waals surface area (Å²) in [6.45, 7) is 5.19. The van der Waals surface area contributed by atoms with Gasteiger partial charge in [0.15, 0.2) is 0 Å². The maximum absolute atomic E-state index is 12.2. The Morgan fingerprint density at radius 2 is 2.52 bits per heavy atom. The molecule has 1 amide bonds. The van der Waals surface area contributed by atoms with Gasteiger partial charge in [-0.1, -0.05) is 6.07 Å². The van der Waals surface area contributed by atoms with Crippen LogP contribution in [0, 0.1) is 0 Å². The highest BCUT2D eigenvalue weighted by Crippen LogP contribution is 2.18. The van der Waals surface area contributed by atoms with Gasteiger partial charge in [0, 0.05) is 18.0 Å². The predicted octanol–water partition coefficient (Wildman–Crippen LogP) is 0.918. The van der Waals surface area contributed by atoms with Crippen LogP contribution in [-0.2, 0) is 16.1 Å². The van der Waals surface area contributed by atoms with Crippen LogP contribution in [0.15, 0.2) is 30.2 Å². The minimum atomic E-state index is 0.0352. The Hall–Kier alpha value is -1.77. The maximum atomic E-state index is 12.2. The number of nitrogens with zero attached hydrogens (tertiary/aromatic N) is 4. The van der Waals surface area contributed by atoms with Crippen molar-refractivity contribution in [1.82, 2.24) is 25.0 Å². The van der Waals surface area contributed by atoms with Gasteiger partial charge in [-0.25, -0.2) is 4.98 Å². The Balaban J connectivity index is 1.46. The van der Waals surface area contributed by atoms with Gasteiger partial charge in [-0.2, -0.15) is 5.10 Å². The van der Waals surface area contributed by atoms with E-state index in [1.54, 1.807) is 22.3 Å². The Morgan fingerprint density at radius 3 is 3.26 bits per heavy atom. The van der Waals surface area contributed by atoms with Gasteiger partial charge in [-0.3, -0.25) is 14.4 Å². The second kappa shape index (κ2) is 7.67. The molecule has 0 bridgehead atoms. The maximum Gasteiger partial charge on any atom is 0.234 e. The number of hydrogen-bond acceptors (Lipinski definition) is 6. The minimum Gasteiger partial charge on any atom is -0.374 e. The number of nitrogens with one attached hydrogen (secondary N) is 1. The SMILES string of the molecule is CC(NC(=O)CN1CCOC(Cn2cncn2)C1)c1cccs1. The molecule has 0 radical (unpaired) electrons. The molecule has 1 aliphatic rings. The summed E-state index contributed by atoms with van der Waals surface area (Å²) in [5.74, 6) is 0.0484. The van der Waals surface area contributed by atoms with Gasteiger partial charge in [-0.05, 0) is 18.4 Å². The van der Waals surface area contributed by atoms with E-state index in [0.29, 0.717) is 19.7 Å². The smallest absolute Gasteiger partial charge is 0.234 e. The van der Waals surface area contributed by atoms with E-state index < -0.39 is 0 Å². The predicted molar refractivity (Wildman–Crippen MR) is 87.1 cm³/mol. The molecular weight excluding hydrogens is 314 g/mol. The minimum absolute atomic E-state index is 0.0352. The second-order valence-electron chi connectivity index (χ2n) is 5.65. The molecule has 2 unspecified atom stereocenters. The first-order chi connectivity index (χ1) is 11.2. The number of carbonyl (C=O) groups is 1. The van der Waals surface area contributed by atoms with Crippen molar-refractivity contribution < 1.29 is 9.53 Å². The molecular formula is C15H21N5O2S. The van der Waals surface area contributed by atoms with Gasteiger partial charge >= 0.3 is 0 Å². The monoisotopic (exact) mass is 335 g/mol. The molecule has 1 fully saturated rings. The number of thiophene rings is 1. The molecule has 7 nitrogen and oxygen atoms in total. The highest BCUT2D eigenvalue weighted by Gasteiger charge is 2.23. The Labute approximate surface area is 139 Å². The highest BCUT2D eigenvalue weighted by molar-refractivity contribution is 7.10. The van der Waals surface area contributed by atoms with Crippen molar-refractivity contribution in [2.45, 2.75) is 25.6 Å². The van der Waals surface area contributed by atoms with Gasteiger partial charge in [0.2, 0.25) is 5.91 Å². The van der Waals surface area contributed by atoms with Crippen LogP contribution in [0.4, 0.5) is 0 Å². The number of rotatable bonds is 6. The number of aromatic nitrogens is 3. The fourth-order valence-corrected chi connectivity index (χ4v) is 3.40. The average molecular weight is 335 g/mol. The Kier molecular flexibility index (Phi) is 5.37. The Morgan fingerprint density at radius 1 is 1.61 bits per heavy atom. The molecule has 23 heavy (non-hydrogen) atoms. The van der Waals surface area contributed by atoms with Gasteiger partial charge in [0.1, 0.15) is 12.7 Å². The summed E-state index contributed by atoms with van der Waals surface area (Å²) in [4.78, 5) is 19.5. The van der Waals surface area contributed by atoms with Crippen LogP contribution in [-0.4, -0.2) is 57.9 Å².